The Morgan fingerprint density at radius 2 is 1.79 bits per heavy atom. The number of hydrogen-bond donors (Lipinski definition) is 3. The summed E-state index contributed by atoms with van der Waals surface area (Å²) in [6, 6.07) is 21.5. The Kier molecular flexibility index (Phi) is 10.3. The first kappa shape index (κ1) is 27.8. The van der Waals surface area contributed by atoms with Crippen LogP contribution in [0.15, 0.2) is 66.7 Å². The van der Waals surface area contributed by atoms with Crippen LogP contribution in [0, 0.1) is 0 Å². The SMILES string of the molecule is CN(CCN1CCC(OC(=O)Nc2ccccc2-c2ccccc2)CC1)C(=O)c1ccc(CNCCO)s1. The van der Waals surface area contributed by atoms with Gasteiger partial charge in [0.15, 0.2) is 0 Å². The summed E-state index contributed by atoms with van der Waals surface area (Å²) in [4.78, 5) is 31.3. The Balaban J connectivity index is 1.18. The van der Waals surface area contributed by atoms with E-state index >= 15 is 0 Å². The first-order valence-electron chi connectivity index (χ1n) is 13.0. The number of aliphatic hydroxyl groups excluding tert-OH is 1. The average Bonchev–Trinajstić information content (AvgIpc) is 3.42. The van der Waals surface area contributed by atoms with Crippen molar-refractivity contribution >= 4 is 29.0 Å². The summed E-state index contributed by atoms with van der Waals surface area (Å²) in [6.07, 6.45) is 0.971. The lowest BCUT2D eigenvalue weighted by Crippen LogP contribution is -2.42. The van der Waals surface area contributed by atoms with Crippen LogP contribution in [0.1, 0.15) is 27.4 Å². The lowest BCUT2D eigenvalue weighted by atomic mass is 10.0. The fourth-order valence-electron chi connectivity index (χ4n) is 4.46. The molecular weight excluding hydrogens is 500 g/mol. The fourth-order valence-corrected chi connectivity index (χ4v) is 5.43. The fraction of sp³-hybridized carbons (Fsp3) is 0.379. The number of benzene rings is 2. The van der Waals surface area contributed by atoms with Gasteiger partial charge in [0, 0.05) is 56.8 Å². The number of anilines is 1. The minimum atomic E-state index is -0.431. The lowest BCUT2D eigenvalue weighted by Gasteiger charge is -2.32. The number of ether oxygens (including phenoxy) is 1. The summed E-state index contributed by atoms with van der Waals surface area (Å²) in [5.74, 6) is 0.0223. The van der Waals surface area contributed by atoms with Crippen molar-refractivity contribution in [2.24, 2.45) is 0 Å². The number of rotatable bonds is 11. The molecule has 8 nitrogen and oxygen atoms in total. The molecule has 1 aliphatic heterocycles. The average molecular weight is 537 g/mol. The van der Waals surface area contributed by atoms with Gasteiger partial charge >= 0.3 is 6.09 Å². The molecule has 202 valence electrons. The zero-order chi connectivity index (χ0) is 26.7. The number of carbonyl (C=O) groups is 2. The van der Waals surface area contributed by atoms with E-state index in [9.17, 15) is 9.59 Å². The predicted molar refractivity (Wildman–Crippen MR) is 152 cm³/mol. The zero-order valence-electron chi connectivity index (χ0n) is 21.8. The van der Waals surface area contributed by atoms with E-state index in [0.717, 1.165) is 59.0 Å². The Hall–Kier alpha value is -3.24. The molecule has 3 N–H and O–H groups in total. The van der Waals surface area contributed by atoms with Crippen LogP contribution >= 0.6 is 11.3 Å². The smallest absolute Gasteiger partial charge is 0.411 e. The van der Waals surface area contributed by atoms with Crippen molar-refractivity contribution in [3.63, 3.8) is 0 Å². The van der Waals surface area contributed by atoms with Gasteiger partial charge in [-0.05, 0) is 36.6 Å². The number of nitrogens with zero attached hydrogens (tertiary/aromatic N) is 2. The molecule has 3 aromatic rings. The third kappa shape index (κ3) is 7.88. The summed E-state index contributed by atoms with van der Waals surface area (Å²) >= 11 is 1.48. The van der Waals surface area contributed by atoms with Gasteiger partial charge in [0.1, 0.15) is 6.10 Å². The number of amides is 2. The van der Waals surface area contributed by atoms with Crippen molar-refractivity contribution in [1.82, 2.24) is 15.1 Å². The molecule has 0 atom stereocenters. The van der Waals surface area contributed by atoms with Crippen molar-refractivity contribution in [2.75, 3.05) is 51.7 Å². The molecule has 2 amide bonds. The zero-order valence-corrected chi connectivity index (χ0v) is 22.6. The molecule has 9 heteroatoms. The second kappa shape index (κ2) is 14.1. The summed E-state index contributed by atoms with van der Waals surface area (Å²) in [5, 5.41) is 14.9. The van der Waals surface area contributed by atoms with Crippen LogP contribution in [-0.4, -0.2) is 79.4 Å². The number of para-hydroxylation sites is 1. The molecule has 0 radical (unpaired) electrons. The second-order valence-corrected chi connectivity index (χ2v) is 10.5. The van der Waals surface area contributed by atoms with Crippen LogP contribution in [0.25, 0.3) is 11.1 Å². The molecule has 0 spiro atoms. The van der Waals surface area contributed by atoms with Gasteiger partial charge < -0.3 is 25.0 Å². The van der Waals surface area contributed by atoms with E-state index < -0.39 is 6.09 Å². The first-order valence-corrected chi connectivity index (χ1v) is 13.9. The van der Waals surface area contributed by atoms with E-state index in [0.29, 0.717) is 19.6 Å². The van der Waals surface area contributed by atoms with Gasteiger partial charge in [0.2, 0.25) is 0 Å². The van der Waals surface area contributed by atoms with Crippen molar-refractivity contribution in [1.29, 1.82) is 0 Å². The Bertz CT molecular complexity index is 1180. The number of piperidine rings is 1. The molecule has 2 aromatic carbocycles. The van der Waals surface area contributed by atoms with Crippen LogP contribution in [0.3, 0.4) is 0 Å². The minimum absolute atomic E-state index is 0.0223. The van der Waals surface area contributed by atoms with E-state index in [1.807, 2.05) is 73.8 Å². The maximum Gasteiger partial charge on any atom is 0.411 e. The maximum atomic E-state index is 12.8. The normalized spacial score (nSPS) is 14.3. The highest BCUT2D eigenvalue weighted by molar-refractivity contribution is 7.14. The molecule has 1 aliphatic rings. The highest BCUT2D eigenvalue weighted by atomic mass is 32.1. The molecule has 4 rings (SSSR count). The van der Waals surface area contributed by atoms with Crippen LogP contribution in [0.5, 0.6) is 0 Å². The molecular formula is C29H36N4O4S. The Morgan fingerprint density at radius 1 is 1.05 bits per heavy atom. The summed E-state index contributed by atoms with van der Waals surface area (Å²) < 4.78 is 5.73. The van der Waals surface area contributed by atoms with Gasteiger partial charge in [-0.2, -0.15) is 0 Å². The number of aliphatic hydroxyl groups is 1. The number of thiophene rings is 1. The second-order valence-electron chi connectivity index (χ2n) is 9.38. The third-order valence-electron chi connectivity index (χ3n) is 6.62. The summed E-state index contributed by atoms with van der Waals surface area (Å²) in [6.45, 7) is 4.34. The Morgan fingerprint density at radius 3 is 2.55 bits per heavy atom. The van der Waals surface area contributed by atoms with Crippen LogP contribution < -0.4 is 10.6 Å². The Labute approximate surface area is 228 Å². The van der Waals surface area contributed by atoms with E-state index in [-0.39, 0.29) is 18.6 Å². The minimum Gasteiger partial charge on any atom is -0.446 e. The maximum absolute atomic E-state index is 12.8. The molecule has 0 unspecified atom stereocenters. The van der Waals surface area contributed by atoms with E-state index in [2.05, 4.69) is 15.5 Å². The van der Waals surface area contributed by atoms with E-state index in [1.165, 1.54) is 11.3 Å². The molecule has 1 aromatic heterocycles. The summed E-state index contributed by atoms with van der Waals surface area (Å²) in [7, 11) is 1.83. The molecule has 0 saturated carbocycles. The van der Waals surface area contributed by atoms with E-state index in [1.54, 1.807) is 4.90 Å². The van der Waals surface area contributed by atoms with Crippen molar-refractivity contribution in [3.8, 4) is 11.1 Å². The van der Waals surface area contributed by atoms with Gasteiger partial charge in [-0.15, -0.1) is 11.3 Å². The molecule has 0 bridgehead atoms. The predicted octanol–water partition coefficient (Wildman–Crippen LogP) is 4.28. The van der Waals surface area contributed by atoms with Gasteiger partial charge in [0.05, 0.1) is 17.2 Å². The lowest BCUT2D eigenvalue weighted by molar-refractivity contribution is 0.0541. The highest BCUT2D eigenvalue weighted by Crippen LogP contribution is 2.28. The molecule has 38 heavy (non-hydrogen) atoms. The molecule has 2 heterocycles. The molecule has 1 fully saturated rings. The van der Waals surface area contributed by atoms with Crippen LogP contribution in [0.2, 0.25) is 0 Å². The number of likely N-dealkylation sites (tertiary alicyclic amines) is 1. The topological polar surface area (TPSA) is 94.1 Å². The third-order valence-corrected chi connectivity index (χ3v) is 7.69. The molecule has 1 saturated heterocycles. The van der Waals surface area contributed by atoms with Crippen LogP contribution in [-0.2, 0) is 11.3 Å². The van der Waals surface area contributed by atoms with Gasteiger partial charge in [0.25, 0.3) is 5.91 Å². The van der Waals surface area contributed by atoms with Crippen molar-refractivity contribution in [3.05, 3.63) is 76.5 Å². The van der Waals surface area contributed by atoms with Crippen LogP contribution in [0.4, 0.5) is 10.5 Å². The number of hydrogen-bond acceptors (Lipinski definition) is 7. The summed E-state index contributed by atoms with van der Waals surface area (Å²) in [5.41, 5.74) is 2.72. The first-order chi connectivity index (χ1) is 18.5. The quantitative estimate of drug-likeness (QED) is 0.317. The van der Waals surface area contributed by atoms with E-state index in [4.69, 9.17) is 9.84 Å². The number of carbonyl (C=O) groups excluding carboxylic acids is 2. The monoisotopic (exact) mass is 536 g/mol. The van der Waals surface area contributed by atoms with Gasteiger partial charge in [-0.25, -0.2) is 4.79 Å². The molecule has 0 aliphatic carbocycles. The number of nitrogens with one attached hydrogen (secondary N) is 2. The highest BCUT2D eigenvalue weighted by Gasteiger charge is 2.23. The van der Waals surface area contributed by atoms with Crippen molar-refractivity contribution < 1.29 is 19.4 Å². The largest absolute Gasteiger partial charge is 0.446 e. The standard InChI is InChI=1S/C29H36N4O4S/c1-32(28(35)27-12-11-24(38-27)21-30-15-20-34)18-19-33-16-13-23(14-17-33)37-29(36)31-26-10-6-5-9-25(26)22-7-3-2-4-8-22/h2-12,23,30,34H,13-21H2,1H3,(H,31,36). The van der Waals surface area contributed by atoms with Gasteiger partial charge in [-0.1, -0.05) is 48.5 Å². The van der Waals surface area contributed by atoms with Crippen molar-refractivity contribution in [2.45, 2.75) is 25.5 Å². The number of likely N-dealkylation sites (N-methyl/N-ethyl adjacent to an activating group) is 1. The van der Waals surface area contributed by atoms with Gasteiger partial charge in [-0.3, -0.25) is 10.1 Å².